The Labute approximate surface area is 156 Å². The van der Waals surface area contributed by atoms with Crippen LogP contribution < -0.4 is 5.32 Å². The molecule has 3 heterocycles. The van der Waals surface area contributed by atoms with Crippen molar-refractivity contribution in [3.63, 3.8) is 0 Å². The van der Waals surface area contributed by atoms with Crippen molar-refractivity contribution in [2.75, 3.05) is 5.32 Å². The zero-order chi connectivity index (χ0) is 18.3. The van der Waals surface area contributed by atoms with Crippen LogP contribution >= 0.6 is 0 Å². The predicted molar refractivity (Wildman–Crippen MR) is 99.8 cm³/mol. The summed E-state index contributed by atoms with van der Waals surface area (Å²) < 4.78 is 10.2. The number of rotatable bonds is 8. The molecule has 0 aliphatic carbocycles. The number of hydrogen-bond donors (Lipinski definition) is 1. The van der Waals surface area contributed by atoms with E-state index in [-0.39, 0.29) is 0 Å². The van der Waals surface area contributed by atoms with Crippen LogP contribution in [0.25, 0.3) is 11.5 Å². The standard InChI is InChI=1S/C20H19N5O2/c1-2-5-15(6-3-1)7-4-8-19-23-20(27-25-19)16-9-10-18(21-13-16)22-14-17-11-12-26-24-17/h1-3,5-6,9-13H,4,7-8,14H2,(H,21,22). The van der Waals surface area contributed by atoms with Crippen molar-refractivity contribution in [2.45, 2.75) is 25.8 Å². The molecule has 0 radical (unpaired) electrons. The first kappa shape index (κ1) is 17.0. The maximum Gasteiger partial charge on any atom is 0.259 e. The maximum atomic E-state index is 5.37. The molecule has 136 valence electrons. The summed E-state index contributed by atoms with van der Waals surface area (Å²) in [5, 5.41) is 11.1. The zero-order valence-corrected chi connectivity index (χ0v) is 14.7. The molecule has 0 saturated carbocycles. The van der Waals surface area contributed by atoms with Crippen LogP contribution in [0.3, 0.4) is 0 Å². The predicted octanol–water partition coefficient (Wildman–Crippen LogP) is 3.91. The molecule has 1 N–H and O–H groups in total. The third kappa shape index (κ3) is 4.58. The summed E-state index contributed by atoms with van der Waals surface area (Å²) >= 11 is 0. The van der Waals surface area contributed by atoms with Gasteiger partial charge in [-0.3, -0.25) is 0 Å². The molecular formula is C20H19N5O2. The molecule has 0 amide bonds. The van der Waals surface area contributed by atoms with Gasteiger partial charge in [0.25, 0.3) is 5.89 Å². The fraction of sp³-hybridized carbons (Fsp3) is 0.200. The molecule has 0 atom stereocenters. The first-order valence-corrected chi connectivity index (χ1v) is 8.83. The van der Waals surface area contributed by atoms with E-state index < -0.39 is 0 Å². The van der Waals surface area contributed by atoms with Crippen LogP contribution in [-0.4, -0.2) is 20.3 Å². The first-order chi connectivity index (χ1) is 13.4. The summed E-state index contributed by atoms with van der Waals surface area (Å²) in [6.45, 7) is 0.551. The molecule has 3 aromatic heterocycles. The van der Waals surface area contributed by atoms with Crippen molar-refractivity contribution in [2.24, 2.45) is 0 Å². The van der Waals surface area contributed by atoms with Gasteiger partial charge in [0, 0.05) is 18.7 Å². The molecule has 0 unspecified atom stereocenters. The van der Waals surface area contributed by atoms with Crippen LogP contribution in [0.4, 0.5) is 5.82 Å². The molecule has 4 rings (SSSR count). The summed E-state index contributed by atoms with van der Waals surface area (Å²) in [4.78, 5) is 8.84. The summed E-state index contributed by atoms with van der Waals surface area (Å²) in [7, 11) is 0. The third-order valence-electron chi connectivity index (χ3n) is 4.13. The molecule has 0 spiro atoms. The van der Waals surface area contributed by atoms with Crippen molar-refractivity contribution in [3.05, 3.63) is 78.1 Å². The highest BCUT2D eigenvalue weighted by atomic mass is 16.5. The summed E-state index contributed by atoms with van der Waals surface area (Å²) in [5.41, 5.74) is 2.93. The van der Waals surface area contributed by atoms with Gasteiger partial charge in [0.05, 0.1) is 12.1 Å². The second-order valence-electron chi connectivity index (χ2n) is 6.13. The van der Waals surface area contributed by atoms with E-state index in [4.69, 9.17) is 9.05 Å². The van der Waals surface area contributed by atoms with Crippen molar-refractivity contribution in [1.82, 2.24) is 20.3 Å². The Morgan fingerprint density at radius 2 is 1.85 bits per heavy atom. The monoisotopic (exact) mass is 361 g/mol. The van der Waals surface area contributed by atoms with E-state index in [2.05, 4.69) is 49.9 Å². The van der Waals surface area contributed by atoms with E-state index in [1.807, 2.05) is 18.2 Å². The summed E-state index contributed by atoms with van der Waals surface area (Å²) in [6, 6.07) is 16.0. The van der Waals surface area contributed by atoms with Gasteiger partial charge in [0.15, 0.2) is 5.82 Å². The van der Waals surface area contributed by atoms with Gasteiger partial charge in [0.1, 0.15) is 17.8 Å². The van der Waals surface area contributed by atoms with Crippen LogP contribution in [0.15, 0.2) is 70.0 Å². The van der Waals surface area contributed by atoms with Crippen LogP contribution in [0.5, 0.6) is 0 Å². The number of benzene rings is 1. The van der Waals surface area contributed by atoms with Crippen molar-refractivity contribution >= 4 is 5.82 Å². The molecule has 1 aromatic carbocycles. The highest BCUT2D eigenvalue weighted by molar-refractivity contribution is 5.54. The Morgan fingerprint density at radius 3 is 2.63 bits per heavy atom. The van der Waals surface area contributed by atoms with E-state index in [1.54, 1.807) is 18.5 Å². The van der Waals surface area contributed by atoms with Crippen LogP contribution in [0.2, 0.25) is 0 Å². The fourth-order valence-corrected chi connectivity index (χ4v) is 2.70. The normalized spacial score (nSPS) is 10.8. The summed E-state index contributed by atoms with van der Waals surface area (Å²) in [5.74, 6) is 1.94. The molecule has 4 aromatic rings. The lowest BCUT2D eigenvalue weighted by atomic mass is 10.1. The van der Waals surface area contributed by atoms with Crippen molar-refractivity contribution < 1.29 is 9.05 Å². The Hall–Kier alpha value is -3.48. The van der Waals surface area contributed by atoms with Crippen LogP contribution in [0, 0.1) is 0 Å². The van der Waals surface area contributed by atoms with Gasteiger partial charge >= 0.3 is 0 Å². The number of aryl methyl sites for hydroxylation is 2. The lowest BCUT2D eigenvalue weighted by Crippen LogP contribution is -2.01. The molecule has 0 aliphatic rings. The zero-order valence-electron chi connectivity index (χ0n) is 14.7. The molecule has 0 saturated heterocycles. The molecule has 0 aliphatic heterocycles. The quantitative estimate of drug-likeness (QED) is 0.509. The average molecular weight is 361 g/mol. The minimum absolute atomic E-state index is 0.486. The number of nitrogens with one attached hydrogen (secondary N) is 1. The number of hydrogen-bond acceptors (Lipinski definition) is 7. The molecule has 0 bridgehead atoms. The Balaban J connectivity index is 1.31. The average Bonchev–Trinajstić information content (AvgIpc) is 3.40. The second-order valence-corrected chi connectivity index (χ2v) is 6.13. The topological polar surface area (TPSA) is 89.9 Å². The van der Waals surface area contributed by atoms with Crippen molar-refractivity contribution in [3.8, 4) is 11.5 Å². The molecular weight excluding hydrogens is 342 g/mol. The molecule has 7 nitrogen and oxygen atoms in total. The van der Waals surface area contributed by atoms with Gasteiger partial charge in [-0.2, -0.15) is 4.98 Å². The molecule has 0 fully saturated rings. The number of aromatic nitrogens is 4. The fourth-order valence-electron chi connectivity index (χ4n) is 2.70. The van der Waals surface area contributed by atoms with E-state index in [1.165, 1.54) is 5.56 Å². The molecule has 27 heavy (non-hydrogen) atoms. The highest BCUT2D eigenvalue weighted by Gasteiger charge is 2.09. The largest absolute Gasteiger partial charge is 0.364 e. The minimum atomic E-state index is 0.486. The van der Waals surface area contributed by atoms with Crippen LogP contribution in [-0.2, 0) is 19.4 Å². The Morgan fingerprint density at radius 1 is 0.926 bits per heavy atom. The van der Waals surface area contributed by atoms with E-state index in [9.17, 15) is 0 Å². The summed E-state index contributed by atoms with van der Waals surface area (Å²) in [6.07, 6.45) is 6.01. The van der Waals surface area contributed by atoms with Gasteiger partial charge in [-0.25, -0.2) is 4.98 Å². The minimum Gasteiger partial charge on any atom is -0.364 e. The number of anilines is 1. The number of nitrogens with zero attached hydrogens (tertiary/aromatic N) is 4. The smallest absolute Gasteiger partial charge is 0.259 e. The van der Waals surface area contributed by atoms with Gasteiger partial charge in [-0.1, -0.05) is 40.6 Å². The Kier molecular flexibility index (Phi) is 5.19. The first-order valence-electron chi connectivity index (χ1n) is 8.83. The highest BCUT2D eigenvalue weighted by Crippen LogP contribution is 2.18. The van der Waals surface area contributed by atoms with Gasteiger partial charge < -0.3 is 14.4 Å². The third-order valence-corrected chi connectivity index (χ3v) is 4.13. The second kappa shape index (κ2) is 8.27. The van der Waals surface area contributed by atoms with Gasteiger partial charge in [-0.05, 0) is 30.5 Å². The lowest BCUT2D eigenvalue weighted by molar-refractivity contribution is 0.412. The van der Waals surface area contributed by atoms with E-state index in [0.29, 0.717) is 18.3 Å². The van der Waals surface area contributed by atoms with E-state index in [0.717, 1.165) is 36.3 Å². The van der Waals surface area contributed by atoms with Gasteiger partial charge in [0.2, 0.25) is 0 Å². The maximum absolute atomic E-state index is 5.37. The van der Waals surface area contributed by atoms with Crippen LogP contribution in [0.1, 0.15) is 23.5 Å². The molecule has 7 heteroatoms. The van der Waals surface area contributed by atoms with E-state index >= 15 is 0 Å². The number of pyridine rings is 1. The Bertz CT molecular complexity index is 950. The van der Waals surface area contributed by atoms with Gasteiger partial charge in [-0.15, -0.1) is 0 Å². The van der Waals surface area contributed by atoms with Crippen molar-refractivity contribution in [1.29, 1.82) is 0 Å². The lowest BCUT2D eigenvalue weighted by Gasteiger charge is -2.02. The SMILES string of the molecule is c1ccc(CCCc2noc(-c3ccc(NCc4ccon4)nc3)n2)cc1.